The van der Waals surface area contributed by atoms with Crippen LogP contribution in [-0.2, 0) is 14.3 Å². The highest BCUT2D eigenvalue weighted by Crippen LogP contribution is 2.30. The van der Waals surface area contributed by atoms with Gasteiger partial charge in [-0.3, -0.25) is 14.5 Å². The average molecular weight is 473 g/mol. The van der Waals surface area contributed by atoms with Gasteiger partial charge in [-0.1, -0.05) is 63.9 Å². The molecule has 2 aliphatic rings. The zero-order valence-electron chi connectivity index (χ0n) is 15.6. The van der Waals surface area contributed by atoms with Gasteiger partial charge in [-0.15, -0.1) is 0 Å². The third kappa shape index (κ3) is 4.22. The number of carbonyl (C=O) groups is 2. The van der Waals surface area contributed by atoms with Crippen LogP contribution in [0.4, 0.5) is 0 Å². The molecule has 0 fully saturated rings. The van der Waals surface area contributed by atoms with E-state index < -0.39 is 0 Å². The van der Waals surface area contributed by atoms with E-state index in [0.29, 0.717) is 22.6 Å². The van der Waals surface area contributed by atoms with Gasteiger partial charge in [0.2, 0.25) is 0 Å². The Kier molecular flexibility index (Phi) is 5.99. The molecule has 1 heterocycles. The monoisotopic (exact) mass is 471 g/mol. The predicted molar refractivity (Wildman–Crippen MR) is 116 cm³/mol. The number of hydrogen-bond acceptors (Lipinski definition) is 3. The number of hydrogen-bond donors (Lipinski definition) is 0. The van der Waals surface area contributed by atoms with Gasteiger partial charge in [0.15, 0.2) is 0 Å². The van der Waals surface area contributed by atoms with E-state index >= 15 is 0 Å². The molecule has 0 bridgehead atoms. The largest absolute Gasteiger partial charge is 0.367 e. The Morgan fingerprint density at radius 1 is 1.00 bits per heavy atom. The summed E-state index contributed by atoms with van der Waals surface area (Å²) < 4.78 is 7.15. The molecule has 0 N–H and O–H groups in total. The number of amides is 2. The second-order valence-electron chi connectivity index (χ2n) is 6.95. The fraction of sp³-hybridized carbons (Fsp3) is 0.217. The van der Waals surface area contributed by atoms with E-state index in [1.165, 1.54) is 4.90 Å². The van der Waals surface area contributed by atoms with Gasteiger partial charge < -0.3 is 4.74 Å². The molecule has 2 aromatic rings. The van der Waals surface area contributed by atoms with Crippen molar-refractivity contribution in [3.05, 3.63) is 92.5 Å². The zero-order chi connectivity index (χ0) is 20.4. The number of imide groups is 1. The SMILES string of the molecule is O=C1C2=C(CCC=C2)C(=O)N1CCOC(c1ccc(Cl)cc1)c1ccc(Br)cc1. The van der Waals surface area contributed by atoms with Gasteiger partial charge in [0.1, 0.15) is 6.10 Å². The smallest absolute Gasteiger partial charge is 0.261 e. The molecule has 0 spiro atoms. The van der Waals surface area contributed by atoms with Crippen molar-refractivity contribution in [2.24, 2.45) is 0 Å². The molecule has 2 aromatic carbocycles. The van der Waals surface area contributed by atoms with Crippen LogP contribution in [0.2, 0.25) is 5.02 Å². The van der Waals surface area contributed by atoms with Crippen molar-refractivity contribution in [2.75, 3.05) is 13.2 Å². The zero-order valence-corrected chi connectivity index (χ0v) is 17.9. The molecule has 4 rings (SSSR count). The molecule has 1 unspecified atom stereocenters. The van der Waals surface area contributed by atoms with Crippen LogP contribution in [0.5, 0.6) is 0 Å². The Bertz CT molecular complexity index is 950. The van der Waals surface area contributed by atoms with Crippen molar-refractivity contribution in [3.8, 4) is 0 Å². The summed E-state index contributed by atoms with van der Waals surface area (Å²) in [6, 6.07) is 15.4. The first-order chi connectivity index (χ1) is 14.0. The summed E-state index contributed by atoms with van der Waals surface area (Å²) in [5.41, 5.74) is 3.09. The quantitative estimate of drug-likeness (QED) is 0.541. The number of halogens is 2. The molecule has 29 heavy (non-hydrogen) atoms. The second kappa shape index (κ2) is 8.66. The van der Waals surface area contributed by atoms with Crippen LogP contribution in [0, 0.1) is 0 Å². The summed E-state index contributed by atoms with van der Waals surface area (Å²) in [5, 5.41) is 0.654. The summed E-state index contributed by atoms with van der Waals surface area (Å²) in [6.07, 6.45) is 4.80. The number of carbonyl (C=O) groups excluding carboxylic acids is 2. The van der Waals surface area contributed by atoms with Gasteiger partial charge in [-0.25, -0.2) is 0 Å². The fourth-order valence-electron chi connectivity index (χ4n) is 3.61. The van der Waals surface area contributed by atoms with E-state index in [1.54, 1.807) is 6.08 Å². The van der Waals surface area contributed by atoms with E-state index in [2.05, 4.69) is 15.9 Å². The molecular weight excluding hydrogens is 454 g/mol. The van der Waals surface area contributed by atoms with E-state index in [1.807, 2.05) is 54.6 Å². The molecule has 148 valence electrons. The van der Waals surface area contributed by atoms with Crippen LogP contribution >= 0.6 is 27.5 Å². The van der Waals surface area contributed by atoms with Crippen molar-refractivity contribution in [1.29, 1.82) is 0 Å². The van der Waals surface area contributed by atoms with Gasteiger partial charge >= 0.3 is 0 Å². The summed E-state index contributed by atoms with van der Waals surface area (Å²) >= 11 is 9.48. The first kappa shape index (κ1) is 20.1. The maximum atomic E-state index is 12.6. The van der Waals surface area contributed by atoms with Gasteiger partial charge in [0.25, 0.3) is 11.8 Å². The van der Waals surface area contributed by atoms with Crippen molar-refractivity contribution in [1.82, 2.24) is 4.90 Å². The number of rotatable bonds is 6. The van der Waals surface area contributed by atoms with Crippen LogP contribution < -0.4 is 0 Å². The molecule has 0 aromatic heterocycles. The van der Waals surface area contributed by atoms with Crippen LogP contribution in [0.3, 0.4) is 0 Å². The summed E-state index contributed by atoms with van der Waals surface area (Å²) in [4.78, 5) is 26.4. The Morgan fingerprint density at radius 3 is 2.31 bits per heavy atom. The van der Waals surface area contributed by atoms with Crippen LogP contribution in [0.25, 0.3) is 0 Å². The molecule has 0 saturated carbocycles. The topological polar surface area (TPSA) is 46.6 Å². The van der Waals surface area contributed by atoms with E-state index in [9.17, 15) is 9.59 Å². The third-order valence-corrected chi connectivity index (χ3v) is 5.88. The summed E-state index contributed by atoms with van der Waals surface area (Å²) in [7, 11) is 0. The molecular formula is C23H19BrClNO3. The standard InChI is InChI=1S/C23H19BrClNO3/c24-17-9-5-15(6-10-17)21(16-7-11-18(25)12-8-16)29-14-13-26-22(27)19-3-1-2-4-20(19)23(26)28/h1,3,5-12,21H,2,4,13-14H2. The van der Waals surface area contributed by atoms with Crippen LogP contribution in [-0.4, -0.2) is 29.9 Å². The molecule has 2 amide bonds. The first-order valence-electron chi connectivity index (χ1n) is 9.43. The molecule has 0 radical (unpaired) electrons. The molecule has 1 aliphatic carbocycles. The first-order valence-corrected chi connectivity index (χ1v) is 10.6. The number of nitrogens with zero attached hydrogens (tertiary/aromatic N) is 1. The molecule has 0 saturated heterocycles. The number of allylic oxidation sites excluding steroid dienone is 1. The molecule has 4 nitrogen and oxygen atoms in total. The van der Waals surface area contributed by atoms with Crippen molar-refractivity contribution in [2.45, 2.75) is 18.9 Å². The average Bonchev–Trinajstić information content (AvgIpc) is 2.98. The Morgan fingerprint density at radius 2 is 1.66 bits per heavy atom. The minimum atomic E-state index is -0.323. The summed E-state index contributed by atoms with van der Waals surface area (Å²) in [6.45, 7) is 0.463. The minimum absolute atomic E-state index is 0.190. The highest BCUT2D eigenvalue weighted by atomic mass is 79.9. The maximum Gasteiger partial charge on any atom is 0.261 e. The Hall–Kier alpha value is -2.21. The van der Waals surface area contributed by atoms with Crippen LogP contribution in [0.15, 0.2) is 76.3 Å². The van der Waals surface area contributed by atoms with E-state index in [-0.39, 0.29) is 31.1 Å². The van der Waals surface area contributed by atoms with Gasteiger partial charge in [-0.05, 0) is 48.2 Å². The van der Waals surface area contributed by atoms with Gasteiger partial charge in [-0.2, -0.15) is 0 Å². The van der Waals surface area contributed by atoms with E-state index in [0.717, 1.165) is 22.0 Å². The maximum absolute atomic E-state index is 12.6. The van der Waals surface area contributed by atoms with Gasteiger partial charge in [0.05, 0.1) is 13.2 Å². The van der Waals surface area contributed by atoms with Crippen LogP contribution in [0.1, 0.15) is 30.1 Å². The number of ether oxygens (including phenoxy) is 1. The third-order valence-electron chi connectivity index (χ3n) is 5.09. The lowest BCUT2D eigenvalue weighted by Gasteiger charge is -2.21. The normalized spacial score (nSPS) is 17.1. The fourth-order valence-corrected chi connectivity index (χ4v) is 4.00. The van der Waals surface area contributed by atoms with Crippen molar-refractivity contribution >= 4 is 39.3 Å². The minimum Gasteiger partial charge on any atom is -0.367 e. The Labute approximate surface area is 182 Å². The Balaban J connectivity index is 1.48. The molecule has 6 heteroatoms. The molecule has 1 aliphatic heterocycles. The van der Waals surface area contributed by atoms with Crippen molar-refractivity contribution in [3.63, 3.8) is 0 Å². The lowest BCUT2D eigenvalue weighted by atomic mass is 10.00. The predicted octanol–water partition coefficient (Wildman–Crippen LogP) is 5.22. The summed E-state index contributed by atoms with van der Waals surface area (Å²) in [5.74, 6) is -0.416. The highest BCUT2D eigenvalue weighted by molar-refractivity contribution is 9.10. The molecule has 1 atom stereocenters. The van der Waals surface area contributed by atoms with Gasteiger partial charge in [0, 0.05) is 20.6 Å². The van der Waals surface area contributed by atoms with E-state index in [4.69, 9.17) is 16.3 Å². The van der Waals surface area contributed by atoms with Crippen molar-refractivity contribution < 1.29 is 14.3 Å². The second-order valence-corrected chi connectivity index (χ2v) is 8.30. The highest BCUT2D eigenvalue weighted by Gasteiger charge is 2.37. The lowest BCUT2D eigenvalue weighted by molar-refractivity contribution is -0.138. The number of benzene rings is 2. The lowest BCUT2D eigenvalue weighted by Crippen LogP contribution is -2.35.